The second kappa shape index (κ2) is 17.7. The van der Waals surface area contributed by atoms with Crippen LogP contribution >= 0.6 is 0 Å². The van der Waals surface area contributed by atoms with E-state index < -0.39 is 115 Å². The first kappa shape index (κ1) is 37.7. The first-order valence-electron chi connectivity index (χ1n) is 14.1. The molecule has 7 atom stereocenters. The molecule has 1 heterocycles. The number of nitrogens with one attached hydrogen (secondary N) is 4. The van der Waals surface area contributed by atoms with Crippen molar-refractivity contribution in [2.24, 2.45) is 11.7 Å². The molecule has 18 nitrogen and oxygen atoms in total. The van der Waals surface area contributed by atoms with Crippen LogP contribution in [0.3, 0.4) is 0 Å². The number of aliphatic carboxylic acids is 3. The summed E-state index contributed by atoms with van der Waals surface area (Å²) in [5.41, 5.74) is 5.63. The first-order chi connectivity index (χ1) is 20.5. The van der Waals surface area contributed by atoms with Gasteiger partial charge in [-0.2, -0.15) is 0 Å². The molecule has 0 aromatic carbocycles. The van der Waals surface area contributed by atoms with Crippen LogP contribution in [-0.4, -0.2) is 122 Å². The Hall–Kier alpha value is -4.32. The van der Waals surface area contributed by atoms with Gasteiger partial charge < -0.3 is 52.3 Å². The van der Waals surface area contributed by atoms with Crippen LogP contribution < -0.4 is 27.0 Å². The van der Waals surface area contributed by atoms with Crippen LogP contribution in [0, 0.1) is 5.92 Å². The molecule has 1 aliphatic heterocycles. The quantitative estimate of drug-likeness (QED) is 0.0719. The van der Waals surface area contributed by atoms with E-state index in [9.17, 15) is 53.7 Å². The largest absolute Gasteiger partial charge is 0.481 e. The molecule has 10 N–H and O–H groups in total. The average Bonchev–Trinajstić information content (AvgIpc) is 3.44. The maximum atomic E-state index is 13.1. The third kappa shape index (κ3) is 11.4. The molecule has 44 heavy (non-hydrogen) atoms. The lowest BCUT2D eigenvalue weighted by molar-refractivity contribution is -0.145. The summed E-state index contributed by atoms with van der Waals surface area (Å²) in [5, 5.41) is 46.4. The molecule has 0 unspecified atom stereocenters. The van der Waals surface area contributed by atoms with E-state index in [2.05, 4.69) is 21.3 Å². The van der Waals surface area contributed by atoms with E-state index in [4.69, 9.17) is 10.8 Å². The van der Waals surface area contributed by atoms with E-state index in [0.717, 1.165) is 0 Å². The van der Waals surface area contributed by atoms with Crippen LogP contribution in [0.2, 0.25) is 0 Å². The second-order valence-corrected chi connectivity index (χ2v) is 10.6. The number of nitrogens with zero attached hydrogens (tertiary/aromatic N) is 1. The van der Waals surface area contributed by atoms with Gasteiger partial charge in [0, 0.05) is 13.0 Å². The number of carboxylic acids is 3. The van der Waals surface area contributed by atoms with E-state index in [1.54, 1.807) is 13.8 Å². The number of aliphatic hydroxyl groups is 1. The lowest BCUT2D eigenvalue weighted by Crippen LogP contribution is -2.60. The van der Waals surface area contributed by atoms with Crippen LogP contribution in [0.25, 0.3) is 0 Å². The van der Waals surface area contributed by atoms with Crippen LogP contribution in [0.5, 0.6) is 0 Å². The minimum Gasteiger partial charge on any atom is -0.481 e. The van der Waals surface area contributed by atoms with Crippen LogP contribution in [-0.2, 0) is 38.4 Å². The molecule has 0 aromatic rings. The lowest BCUT2D eigenvalue weighted by atomic mass is 9.98. The van der Waals surface area contributed by atoms with Crippen molar-refractivity contribution in [3.8, 4) is 0 Å². The van der Waals surface area contributed by atoms with Crippen molar-refractivity contribution in [2.75, 3.05) is 13.2 Å². The van der Waals surface area contributed by atoms with Gasteiger partial charge in [0.05, 0.1) is 19.1 Å². The van der Waals surface area contributed by atoms with Crippen molar-refractivity contribution in [1.29, 1.82) is 0 Å². The molecular weight excluding hydrogens is 588 g/mol. The standard InChI is InChI=1S/C26H42N6O12/c1-4-12(2)20(26(43)44)31-22(39)15(10-19(36)37)29-21(38)14(7-8-18(34)35)28-23(40)16(11-33)30-24(41)17-6-5-9-32(17)25(42)13(3)27/h12-17,20,33H,4-11,27H2,1-3H3,(H,28,40)(H,29,38)(H,30,41)(H,31,39)(H,34,35)(H,36,37)(H,43,44)/t12-,13-,14-,15-,16-,17-,20-/m0/s1. The molecule has 5 amide bonds. The number of carboxylic acid groups (broad SMARTS) is 3. The van der Waals surface area contributed by atoms with Crippen molar-refractivity contribution in [1.82, 2.24) is 26.2 Å². The Balaban J connectivity index is 3.11. The third-order valence-electron chi connectivity index (χ3n) is 7.11. The Kier molecular flexibility index (Phi) is 15.2. The van der Waals surface area contributed by atoms with Gasteiger partial charge in [0.25, 0.3) is 0 Å². The molecule has 0 aromatic heterocycles. The van der Waals surface area contributed by atoms with E-state index >= 15 is 0 Å². The zero-order valence-corrected chi connectivity index (χ0v) is 24.8. The van der Waals surface area contributed by atoms with Crippen molar-refractivity contribution in [3.05, 3.63) is 0 Å². The van der Waals surface area contributed by atoms with Gasteiger partial charge in [-0.25, -0.2) is 4.79 Å². The summed E-state index contributed by atoms with van der Waals surface area (Å²) in [6.07, 6.45) is -1.07. The summed E-state index contributed by atoms with van der Waals surface area (Å²) in [4.78, 5) is 99.6. The van der Waals surface area contributed by atoms with E-state index in [1.807, 2.05) is 0 Å². The van der Waals surface area contributed by atoms with Crippen molar-refractivity contribution in [3.63, 3.8) is 0 Å². The molecule has 248 valence electrons. The molecule has 1 saturated heterocycles. The number of hydrogen-bond acceptors (Lipinski definition) is 10. The van der Waals surface area contributed by atoms with Crippen LogP contribution in [0.4, 0.5) is 0 Å². The number of rotatable bonds is 18. The van der Waals surface area contributed by atoms with Crippen molar-refractivity contribution in [2.45, 2.75) is 95.5 Å². The first-order valence-corrected chi connectivity index (χ1v) is 14.1. The fraction of sp³-hybridized carbons (Fsp3) is 0.692. The van der Waals surface area contributed by atoms with Crippen molar-refractivity contribution >= 4 is 47.4 Å². The number of aliphatic hydroxyl groups excluding tert-OH is 1. The summed E-state index contributed by atoms with van der Waals surface area (Å²) >= 11 is 0. The van der Waals surface area contributed by atoms with Gasteiger partial charge in [0.15, 0.2) is 0 Å². The normalized spacial score (nSPS) is 18.5. The summed E-state index contributed by atoms with van der Waals surface area (Å²) in [6.45, 7) is 3.96. The second-order valence-electron chi connectivity index (χ2n) is 10.6. The fourth-order valence-corrected chi connectivity index (χ4v) is 4.43. The van der Waals surface area contributed by atoms with Gasteiger partial charge in [-0.3, -0.25) is 33.6 Å². The highest BCUT2D eigenvalue weighted by atomic mass is 16.4. The van der Waals surface area contributed by atoms with Gasteiger partial charge in [-0.1, -0.05) is 20.3 Å². The molecule has 0 bridgehead atoms. The van der Waals surface area contributed by atoms with Crippen LogP contribution in [0.1, 0.15) is 59.3 Å². The number of hydrogen-bond donors (Lipinski definition) is 9. The lowest BCUT2D eigenvalue weighted by Gasteiger charge is -2.28. The van der Waals surface area contributed by atoms with Gasteiger partial charge in [0.2, 0.25) is 29.5 Å². The summed E-state index contributed by atoms with van der Waals surface area (Å²) < 4.78 is 0. The Labute approximate surface area is 253 Å². The molecule has 0 spiro atoms. The molecule has 1 rings (SSSR count). The van der Waals surface area contributed by atoms with E-state index in [-0.39, 0.29) is 13.0 Å². The van der Waals surface area contributed by atoms with Gasteiger partial charge in [0.1, 0.15) is 30.2 Å². The predicted molar refractivity (Wildman–Crippen MR) is 149 cm³/mol. The number of amides is 5. The monoisotopic (exact) mass is 630 g/mol. The van der Waals surface area contributed by atoms with Crippen LogP contribution in [0.15, 0.2) is 0 Å². The molecule has 1 aliphatic rings. The summed E-state index contributed by atoms with van der Waals surface area (Å²) in [5.74, 6) is -9.53. The number of carbonyl (C=O) groups is 8. The SMILES string of the molecule is CC[C@H](C)[C@H](NC(=O)[C@H](CC(=O)O)NC(=O)[C@H](CCC(=O)O)NC(=O)[C@H](CO)NC(=O)[C@@H]1CCCN1C(=O)[C@H](C)N)C(=O)O. The highest BCUT2D eigenvalue weighted by Crippen LogP contribution is 2.18. The zero-order chi connectivity index (χ0) is 33.7. The molecule has 1 fully saturated rings. The maximum Gasteiger partial charge on any atom is 0.326 e. The van der Waals surface area contributed by atoms with Gasteiger partial charge in [-0.15, -0.1) is 0 Å². The molecule has 0 radical (unpaired) electrons. The number of carbonyl (C=O) groups excluding carboxylic acids is 5. The molecule has 0 aliphatic carbocycles. The van der Waals surface area contributed by atoms with Gasteiger partial charge in [-0.05, 0) is 32.1 Å². The number of likely N-dealkylation sites (tertiary alicyclic amines) is 1. The molecular formula is C26H42N6O12. The Morgan fingerprint density at radius 2 is 1.41 bits per heavy atom. The minimum atomic E-state index is -1.81. The highest BCUT2D eigenvalue weighted by Gasteiger charge is 2.38. The Morgan fingerprint density at radius 1 is 0.841 bits per heavy atom. The van der Waals surface area contributed by atoms with Crippen molar-refractivity contribution < 1.29 is 58.8 Å². The fourth-order valence-electron chi connectivity index (χ4n) is 4.43. The topological polar surface area (TPSA) is 295 Å². The smallest absolute Gasteiger partial charge is 0.326 e. The third-order valence-corrected chi connectivity index (χ3v) is 7.11. The summed E-state index contributed by atoms with van der Waals surface area (Å²) in [7, 11) is 0. The highest BCUT2D eigenvalue weighted by molar-refractivity contribution is 5.97. The van der Waals surface area contributed by atoms with Gasteiger partial charge >= 0.3 is 17.9 Å². The zero-order valence-electron chi connectivity index (χ0n) is 24.8. The Bertz CT molecular complexity index is 1100. The molecule has 0 saturated carbocycles. The minimum absolute atomic E-state index is 0.252. The maximum absolute atomic E-state index is 13.1. The predicted octanol–water partition coefficient (Wildman–Crippen LogP) is -3.27. The summed E-state index contributed by atoms with van der Waals surface area (Å²) in [6, 6.07) is -8.38. The average molecular weight is 631 g/mol. The van der Waals surface area contributed by atoms with E-state index in [0.29, 0.717) is 12.8 Å². The van der Waals surface area contributed by atoms with E-state index in [1.165, 1.54) is 11.8 Å². The number of nitrogens with two attached hydrogens (primary N) is 1. The molecule has 18 heteroatoms. The Morgan fingerprint density at radius 3 is 1.91 bits per heavy atom.